The molecule has 2 aromatic carbocycles. The molecule has 4 rings (SSSR count). The number of nitrogens with one attached hydrogen (secondary N) is 2. The van der Waals surface area contributed by atoms with Crippen molar-refractivity contribution in [3.05, 3.63) is 64.5 Å². The van der Waals surface area contributed by atoms with Gasteiger partial charge in [0.05, 0.1) is 17.1 Å². The van der Waals surface area contributed by atoms with Crippen molar-refractivity contribution in [2.45, 2.75) is 57.2 Å². The summed E-state index contributed by atoms with van der Waals surface area (Å²) in [6.07, 6.45) is -0.589. The van der Waals surface area contributed by atoms with Crippen LogP contribution in [0.25, 0.3) is 0 Å². The second kappa shape index (κ2) is 9.57. The third-order valence-electron chi connectivity index (χ3n) is 6.22. The largest absolute Gasteiger partial charge is 0.490 e. The molecule has 0 bridgehead atoms. The maximum Gasteiger partial charge on any atom is 0.353 e. The highest BCUT2D eigenvalue weighted by molar-refractivity contribution is 6.32. The predicted octanol–water partition coefficient (Wildman–Crippen LogP) is 2.28. The Labute approximate surface area is 211 Å². The number of hydrogen-bond acceptors (Lipinski definition) is 5. The van der Waals surface area contributed by atoms with Crippen LogP contribution in [0.2, 0.25) is 0 Å². The molecule has 0 unspecified atom stereocenters. The highest BCUT2D eigenvalue weighted by atomic mass is 19.3. The van der Waals surface area contributed by atoms with Gasteiger partial charge in [-0.1, -0.05) is 12.1 Å². The van der Waals surface area contributed by atoms with Crippen LogP contribution in [0.1, 0.15) is 53.7 Å². The minimum Gasteiger partial charge on any atom is -0.490 e. The van der Waals surface area contributed by atoms with E-state index in [9.17, 15) is 32.3 Å². The van der Waals surface area contributed by atoms with Crippen LogP contribution in [0.15, 0.2) is 36.4 Å². The molecule has 0 saturated carbocycles. The zero-order valence-corrected chi connectivity index (χ0v) is 20.1. The highest BCUT2D eigenvalue weighted by Crippen LogP contribution is 2.37. The Morgan fingerprint density at radius 2 is 1.95 bits per heavy atom. The van der Waals surface area contributed by atoms with Crippen LogP contribution in [0, 0.1) is 5.82 Å². The normalized spacial score (nSPS) is 19.6. The number of fused-ring (bicyclic) bond motifs is 1. The molecule has 2 aromatic rings. The summed E-state index contributed by atoms with van der Waals surface area (Å²) < 4.78 is 48.9. The average molecular weight is 513 g/mol. The second-order valence-electron chi connectivity index (χ2n) is 9.25. The lowest BCUT2D eigenvalue weighted by Gasteiger charge is -2.40. The molecule has 2 heterocycles. The van der Waals surface area contributed by atoms with Gasteiger partial charge in [0.1, 0.15) is 19.4 Å². The lowest BCUT2D eigenvalue weighted by molar-refractivity contribution is -0.147. The first-order valence-corrected chi connectivity index (χ1v) is 11.5. The van der Waals surface area contributed by atoms with Crippen LogP contribution in [0.4, 0.5) is 13.2 Å². The molecule has 37 heavy (non-hydrogen) atoms. The third kappa shape index (κ3) is 4.92. The van der Waals surface area contributed by atoms with Crippen molar-refractivity contribution in [2.24, 2.45) is 0 Å². The molecule has 2 aliphatic heterocycles. The summed E-state index contributed by atoms with van der Waals surface area (Å²) in [7, 11) is 6.20. The lowest BCUT2D eigenvalue weighted by Crippen LogP contribution is -2.63. The van der Waals surface area contributed by atoms with Crippen molar-refractivity contribution >= 4 is 31.5 Å². The number of alkyl halides is 2. The number of carbonyl (C=O) groups is 4. The van der Waals surface area contributed by atoms with Crippen molar-refractivity contribution in [3.8, 4) is 5.75 Å². The molecule has 4 amide bonds. The SMILES string of the molecule is [B][C@@]1(N2Cc3cc(CNC(=O)C(F)(F)c4ccc(F)cc4OC(C)C)ccc3C2=O)CCC(=O)NC1=O. The van der Waals surface area contributed by atoms with E-state index in [-0.39, 0.29) is 31.5 Å². The van der Waals surface area contributed by atoms with Gasteiger partial charge in [0.15, 0.2) is 0 Å². The van der Waals surface area contributed by atoms with Gasteiger partial charge in [0, 0.05) is 31.1 Å². The summed E-state index contributed by atoms with van der Waals surface area (Å²) >= 11 is 0. The van der Waals surface area contributed by atoms with E-state index < -0.39 is 58.2 Å². The van der Waals surface area contributed by atoms with Gasteiger partial charge in [-0.25, -0.2) is 4.39 Å². The lowest BCUT2D eigenvalue weighted by atomic mass is 9.70. The van der Waals surface area contributed by atoms with E-state index in [0.717, 1.165) is 18.2 Å². The first-order valence-electron chi connectivity index (χ1n) is 11.5. The fourth-order valence-electron chi connectivity index (χ4n) is 4.30. The fourth-order valence-corrected chi connectivity index (χ4v) is 4.30. The Kier molecular flexibility index (Phi) is 6.78. The highest BCUT2D eigenvalue weighted by Gasteiger charge is 2.48. The minimum atomic E-state index is -4.01. The van der Waals surface area contributed by atoms with Gasteiger partial charge in [-0.3, -0.25) is 24.5 Å². The summed E-state index contributed by atoms with van der Waals surface area (Å²) in [4.78, 5) is 50.4. The first-order chi connectivity index (χ1) is 17.3. The van der Waals surface area contributed by atoms with Crippen LogP contribution in [-0.2, 0) is 33.4 Å². The Balaban J connectivity index is 1.48. The molecule has 2 aliphatic rings. The molecule has 192 valence electrons. The van der Waals surface area contributed by atoms with E-state index in [1.807, 2.05) is 0 Å². The van der Waals surface area contributed by atoms with Crippen molar-refractivity contribution in [1.29, 1.82) is 0 Å². The number of hydrogen-bond donors (Lipinski definition) is 2. The smallest absolute Gasteiger partial charge is 0.353 e. The summed E-state index contributed by atoms with van der Waals surface area (Å²) in [6.45, 7) is 2.84. The Morgan fingerprint density at radius 1 is 1.22 bits per heavy atom. The molecule has 1 fully saturated rings. The van der Waals surface area contributed by atoms with Crippen molar-refractivity contribution < 1.29 is 37.1 Å². The van der Waals surface area contributed by atoms with Gasteiger partial charge in [0.25, 0.3) is 11.8 Å². The number of halogens is 3. The van der Waals surface area contributed by atoms with Crippen LogP contribution >= 0.6 is 0 Å². The summed E-state index contributed by atoms with van der Waals surface area (Å²) in [6, 6.07) is 6.91. The number of imide groups is 1. The van der Waals surface area contributed by atoms with Crippen molar-refractivity contribution in [3.63, 3.8) is 0 Å². The van der Waals surface area contributed by atoms with Crippen LogP contribution in [0.5, 0.6) is 5.75 Å². The van der Waals surface area contributed by atoms with Gasteiger partial charge in [0.2, 0.25) is 11.8 Å². The monoisotopic (exact) mass is 513 g/mol. The van der Waals surface area contributed by atoms with Crippen LogP contribution in [0.3, 0.4) is 0 Å². The number of amides is 4. The van der Waals surface area contributed by atoms with Crippen molar-refractivity contribution in [2.75, 3.05) is 0 Å². The molecule has 8 nitrogen and oxygen atoms in total. The van der Waals surface area contributed by atoms with Gasteiger partial charge in [-0.15, -0.1) is 0 Å². The standard InChI is InChI=1S/C25H23BF3N3O5/c1-13(2)37-19-10-16(27)4-6-18(19)25(28,29)23(36)30-11-14-3-5-17-15(9-14)12-32(21(17)34)24(26)8-7-20(33)31-22(24)35/h3-6,9-10,13H,7-8,11-12H2,1-2H3,(H,30,36)(H,31,33,35)/t24-/m1/s1. The third-order valence-corrected chi connectivity index (χ3v) is 6.22. The number of ether oxygens (including phenoxy) is 1. The van der Waals surface area contributed by atoms with E-state index in [0.29, 0.717) is 11.1 Å². The molecular weight excluding hydrogens is 490 g/mol. The maximum atomic E-state index is 15.0. The van der Waals surface area contributed by atoms with Gasteiger partial charge >= 0.3 is 5.92 Å². The van der Waals surface area contributed by atoms with E-state index >= 15 is 0 Å². The van der Waals surface area contributed by atoms with Gasteiger partial charge in [-0.2, -0.15) is 8.78 Å². The number of piperidine rings is 1. The second-order valence-corrected chi connectivity index (χ2v) is 9.25. The van der Waals surface area contributed by atoms with E-state index in [2.05, 4.69) is 10.6 Å². The topological polar surface area (TPSA) is 105 Å². The van der Waals surface area contributed by atoms with E-state index in [1.165, 1.54) is 17.0 Å². The molecule has 1 atom stereocenters. The molecular formula is C25H23BF3N3O5. The van der Waals surface area contributed by atoms with E-state index in [1.54, 1.807) is 19.9 Å². The minimum absolute atomic E-state index is 0.0220. The summed E-state index contributed by atoms with van der Waals surface area (Å²) in [5, 5.41) is 4.30. The quantitative estimate of drug-likeness (QED) is 0.437. The molecule has 1 saturated heterocycles. The van der Waals surface area contributed by atoms with Crippen molar-refractivity contribution in [1.82, 2.24) is 15.5 Å². The Bertz CT molecular complexity index is 1300. The van der Waals surface area contributed by atoms with Gasteiger partial charge in [-0.05, 0) is 49.6 Å². The number of rotatable bonds is 7. The van der Waals surface area contributed by atoms with E-state index in [4.69, 9.17) is 12.6 Å². The average Bonchev–Trinajstić information content (AvgIpc) is 3.16. The summed E-state index contributed by atoms with van der Waals surface area (Å²) in [5.41, 5.74) is -1.29. The predicted molar refractivity (Wildman–Crippen MR) is 125 cm³/mol. The summed E-state index contributed by atoms with van der Waals surface area (Å²) in [5.74, 6) is -8.60. The maximum absolute atomic E-state index is 15.0. The van der Waals surface area contributed by atoms with Crippen LogP contribution in [-0.4, -0.2) is 47.9 Å². The van der Waals surface area contributed by atoms with Crippen LogP contribution < -0.4 is 15.4 Å². The first kappa shape index (κ1) is 26.2. The molecule has 0 spiro atoms. The number of nitrogens with zero attached hydrogens (tertiary/aromatic N) is 1. The Morgan fingerprint density at radius 3 is 2.62 bits per heavy atom. The number of benzene rings is 2. The molecule has 2 N–H and O–H groups in total. The molecule has 12 heteroatoms. The molecule has 0 aliphatic carbocycles. The number of carbonyl (C=O) groups excluding carboxylic acids is 4. The zero-order chi connectivity index (χ0) is 27.1. The van der Waals surface area contributed by atoms with Gasteiger partial charge < -0.3 is 15.0 Å². The fraction of sp³-hybridized carbons (Fsp3) is 0.360. The zero-order valence-electron chi connectivity index (χ0n) is 20.1. The Hall–Kier alpha value is -3.83. The molecule has 2 radical (unpaired) electrons. The molecule has 0 aromatic heterocycles.